The Morgan fingerprint density at radius 2 is 2.22 bits per heavy atom. The molecular weight excluding hydrogens is 226 g/mol. The second-order valence-electron chi connectivity index (χ2n) is 4.86. The van der Waals surface area contributed by atoms with Crippen LogP contribution < -0.4 is 16.0 Å². The predicted octanol–water partition coefficient (Wildman–Crippen LogP) is 1.68. The molecule has 1 saturated heterocycles. The highest BCUT2D eigenvalue weighted by Crippen LogP contribution is 2.27. The molecule has 3 N–H and O–H groups in total. The standard InChI is InChI=1S/C14H21N3O/c1-10-6-7-11(9-12(10)15)17-8-4-3-5-13(17)14(18)16-2/h6-7,9,13H,3-5,8,15H2,1-2H3,(H,16,18). The van der Waals surface area contributed by atoms with E-state index in [1.54, 1.807) is 7.05 Å². The fourth-order valence-corrected chi connectivity index (χ4v) is 2.49. The predicted molar refractivity (Wildman–Crippen MR) is 74.6 cm³/mol. The number of hydrogen-bond donors (Lipinski definition) is 2. The molecule has 1 heterocycles. The van der Waals surface area contributed by atoms with E-state index in [2.05, 4.69) is 10.2 Å². The molecule has 18 heavy (non-hydrogen) atoms. The van der Waals surface area contributed by atoms with Crippen LogP contribution >= 0.6 is 0 Å². The lowest BCUT2D eigenvalue weighted by atomic mass is 10.00. The normalized spacial score (nSPS) is 19.7. The Balaban J connectivity index is 2.27. The molecule has 1 aromatic carbocycles. The molecular formula is C14H21N3O. The molecule has 1 aliphatic heterocycles. The lowest BCUT2D eigenvalue weighted by molar-refractivity contribution is -0.122. The van der Waals surface area contributed by atoms with Gasteiger partial charge in [-0.25, -0.2) is 0 Å². The third-order valence-electron chi connectivity index (χ3n) is 3.65. The van der Waals surface area contributed by atoms with Gasteiger partial charge in [0.15, 0.2) is 0 Å². The average molecular weight is 247 g/mol. The van der Waals surface area contributed by atoms with Crippen LogP contribution in [0.4, 0.5) is 11.4 Å². The van der Waals surface area contributed by atoms with Crippen molar-refractivity contribution < 1.29 is 4.79 Å². The molecule has 1 atom stereocenters. The molecule has 1 aliphatic rings. The van der Waals surface area contributed by atoms with Crippen molar-refractivity contribution in [2.24, 2.45) is 0 Å². The highest BCUT2D eigenvalue weighted by Gasteiger charge is 2.28. The lowest BCUT2D eigenvalue weighted by Gasteiger charge is -2.36. The number of likely N-dealkylation sites (N-methyl/N-ethyl adjacent to an activating group) is 1. The van der Waals surface area contributed by atoms with Crippen molar-refractivity contribution >= 4 is 17.3 Å². The van der Waals surface area contributed by atoms with Gasteiger partial charge in [0.2, 0.25) is 5.91 Å². The van der Waals surface area contributed by atoms with Gasteiger partial charge >= 0.3 is 0 Å². The zero-order chi connectivity index (χ0) is 13.1. The van der Waals surface area contributed by atoms with Crippen molar-refractivity contribution in [3.63, 3.8) is 0 Å². The first-order valence-corrected chi connectivity index (χ1v) is 6.48. The topological polar surface area (TPSA) is 58.4 Å². The van der Waals surface area contributed by atoms with Crippen LogP contribution in [0.5, 0.6) is 0 Å². The van der Waals surface area contributed by atoms with Gasteiger partial charge in [-0.1, -0.05) is 6.07 Å². The molecule has 0 radical (unpaired) electrons. The maximum absolute atomic E-state index is 11.9. The van der Waals surface area contributed by atoms with Gasteiger partial charge in [0, 0.05) is 25.0 Å². The summed E-state index contributed by atoms with van der Waals surface area (Å²) in [4.78, 5) is 14.1. The third kappa shape index (κ3) is 2.42. The number of carbonyl (C=O) groups is 1. The van der Waals surface area contributed by atoms with Crippen LogP contribution in [0.25, 0.3) is 0 Å². The van der Waals surface area contributed by atoms with Crippen LogP contribution in [-0.4, -0.2) is 25.5 Å². The average Bonchev–Trinajstić information content (AvgIpc) is 2.41. The lowest BCUT2D eigenvalue weighted by Crippen LogP contribution is -2.48. The summed E-state index contributed by atoms with van der Waals surface area (Å²) in [5, 5.41) is 2.75. The van der Waals surface area contributed by atoms with E-state index in [4.69, 9.17) is 5.73 Å². The van der Waals surface area contributed by atoms with E-state index in [0.717, 1.165) is 42.7 Å². The number of amides is 1. The number of benzene rings is 1. The van der Waals surface area contributed by atoms with E-state index in [9.17, 15) is 4.79 Å². The number of nitrogens with one attached hydrogen (secondary N) is 1. The summed E-state index contributed by atoms with van der Waals surface area (Å²) in [6.07, 6.45) is 3.14. The largest absolute Gasteiger partial charge is 0.398 e. The van der Waals surface area contributed by atoms with Crippen LogP contribution in [0.15, 0.2) is 18.2 Å². The quantitative estimate of drug-likeness (QED) is 0.782. The summed E-state index contributed by atoms with van der Waals surface area (Å²) in [5.41, 5.74) is 8.86. The van der Waals surface area contributed by atoms with E-state index < -0.39 is 0 Å². The van der Waals surface area contributed by atoms with Gasteiger partial charge in [-0.05, 0) is 43.9 Å². The van der Waals surface area contributed by atoms with Crippen molar-refractivity contribution in [2.45, 2.75) is 32.2 Å². The Hall–Kier alpha value is -1.71. The van der Waals surface area contributed by atoms with Crippen molar-refractivity contribution in [3.05, 3.63) is 23.8 Å². The first-order valence-electron chi connectivity index (χ1n) is 6.48. The van der Waals surface area contributed by atoms with E-state index in [1.807, 2.05) is 25.1 Å². The van der Waals surface area contributed by atoms with E-state index >= 15 is 0 Å². The van der Waals surface area contributed by atoms with Gasteiger partial charge in [0.25, 0.3) is 0 Å². The number of hydrogen-bond acceptors (Lipinski definition) is 3. The SMILES string of the molecule is CNC(=O)C1CCCCN1c1ccc(C)c(N)c1. The number of carbonyl (C=O) groups excluding carboxylic acids is 1. The fourth-order valence-electron chi connectivity index (χ4n) is 2.49. The van der Waals surface area contributed by atoms with Crippen LogP contribution in [0.3, 0.4) is 0 Å². The summed E-state index contributed by atoms with van der Waals surface area (Å²) < 4.78 is 0. The van der Waals surface area contributed by atoms with E-state index in [-0.39, 0.29) is 11.9 Å². The maximum Gasteiger partial charge on any atom is 0.242 e. The molecule has 0 aliphatic carbocycles. The van der Waals surface area contributed by atoms with Gasteiger partial charge in [0.1, 0.15) is 6.04 Å². The van der Waals surface area contributed by atoms with Crippen LogP contribution in [0.1, 0.15) is 24.8 Å². The zero-order valence-corrected chi connectivity index (χ0v) is 11.1. The van der Waals surface area contributed by atoms with Gasteiger partial charge in [-0.2, -0.15) is 0 Å². The zero-order valence-electron chi connectivity index (χ0n) is 11.1. The number of nitrogens with two attached hydrogens (primary N) is 1. The Morgan fingerprint density at radius 1 is 1.44 bits per heavy atom. The van der Waals surface area contributed by atoms with Crippen LogP contribution in [0.2, 0.25) is 0 Å². The number of rotatable bonds is 2. The molecule has 98 valence electrons. The van der Waals surface area contributed by atoms with Crippen LogP contribution in [-0.2, 0) is 4.79 Å². The molecule has 1 amide bonds. The smallest absolute Gasteiger partial charge is 0.242 e. The Labute approximate surface area is 108 Å². The van der Waals surface area contributed by atoms with Crippen molar-refractivity contribution in [3.8, 4) is 0 Å². The molecule has 0 aromatic heterocycles. The van der Waals surface area contributed by atoms with Crippen molar-refractivity contribution in [2.75, 3.05) is 24.2 Å². The summed E-state index contributed by atoms with van der Waals surface area (Å²) in [6.45, 7) is 2.91. The monoisotopic (exact) mass is 247 g/mol. The molecule has 1 aromatic rings. The molecule has 1 unspecified atom stereocenters. The number of nitrogen functional groups attached to an aromatic ring is 1. The molecule has 0 bridgehead atoms. The molecule has 4 heteroatoms. The second-order valence-corrected chi connectivity index (χ2v) is 4.86. The molecule has 2 rings (SSSR count). The first-order chi connectivity index (χ1) is 8.63. The molecule has 0 saturated carbocycles. The Bertz CT molecular complexity index is 445. The van der Waals surface area contributed by atoms with Crippen LogP contribution in [0, 0.1) is 6.92 Å². The van der Waals surface area contributed by atoms with Crippen molar-refractivity contribution in [1.29, 1.82) is 0 Å². The first kappa shape index (κ1) is 12.7. The van der Waals surface area contributed by atoms with Gasteiger partial charge in [0.05, 0.1) is 0 Å². The Morgan fingerprint density at radius 3 is 2.89 bits per heavy atom. The van der Waals surface area contributed by atoms with Gasteiger partial charge < -0.3 is 16.0 Å². The molecule has 1 fully saturated rings. The minimum Gasteiger partial charge on any atom is -0.398 e. The Kier molecular flexibility index (Phi) is 3.75. The summed E-state index contributed by atoms with van der Waals surface area (Å²) in [7, 11) is 1.69. The highest BCUT2D eigenvalue weighted by atomic mass is 16.2. The number of piperidine rings is 1. The number of aryl methyl sites for hydroxylation is 1. The molecule has 0 spiro atoms. The van der Waals surface area contributed by atoms with E-state index in [0.29, 0.717) is 0 Å². The summed E-state index contributed by atoms with van der Waals surface area (Å²) in [6, 6.07) is 5.97. The maximum atomic E-state index is 11.9. The number of anilines is 2. The third-order valence-corrected chi connectivity index (χ3v) is 3.65. The summed E-state index contributed by atoms with van der Waals surface area (Å²) >= 11 is 0. The van der Waals surface area contributed by atoms with Crippen molar-refractivity contribution in [1.82, 2.24) is 5.32 Å². The molecule has 4 nitrogen and oxygen atoms in total. The second kappa shape index (κ2) is 5.29. The van der Waals surface area contributed by atoms with Gasteiger partial charge in [-0.15, -0.1) is 0 Å². The highest BCUT2D eigenvalue weighted by molar-refractivity contribution is 5.85. The number of nitrogens with zero attached hydrogens (tertiary/aromatic N) is 1. The van der Waals surface area contributed by atoms with Gasteiger partial charge in [-0.3, -0.25) is 4.79 Å². The van der Waals surface area contributed by atoms with E-state index in [1.165, 1.54) is 0 Å². The fraction of sp³-hybridized carbons (Fsp3) is 0.500. The minimum atomic E-state index is -0.0640. The summed E-state index contributed by atoms with van der Waals surface area (Å²) in [5.74, 6) is 0.0915. The minimum absolute atomic E-state index is 0.0640.